The topological polar surface area (TPSA) is 113 Å². The smallest absolute Gasteiger partial charge is 0.262 e. The van der Waals surface area contributed by atoms with Crippen molar-refractivity contribution in [2.24, 2.45) is 5.73 Å². The van der Waals surface area contributed by atoms with E-state index in [-0.39, 0.29) is 11.5 Å². The summed E-state index contributed by atoms with van der Waals surface area (Å²) in [6.45, 7) is 2.69. The molecular formula is C14H16N6O. The van der Waals surface area contributed by atoms with Gasteiger partial charge in [-0.1, -0.05) is 18.2 Å². The first-order chi connectivity index (χ1) is 10.1. The number of nitrogens with zero attached hydrogens (tertiary/aromatic N) is 2. The third-order valence-corrected chi connectivity index (χ3v) is 3.51. The van der Waals surface area contributed by atoms with Crippen LogP contribution < -0.4 is 16.6 Å². The molecule has 0 aliphatic heterocycles. The van der Waals surface area contributed by atoms with Gasteiger partial charge in [0.25, 0.3) is 5.56 Å². The molecule has 0 bridgehead atoms. The lowest BCUT2D eigenvalue weighted by atomic mass is 10.1. The molecule has 0 atom stereocenters. The number of aryl methyl sites for hydroxylation is 1. The van der Waals surface area contributed by atoms with E-state index in [0.717, 1.165) is 16.6 Å². The molecule has 0 saturated carbocycles. The van der Waals surface area contributed by atoms with Gasteiger partial charge in [0.2, 0.25) is 0 Å². The van der Waals surface area contributed by atoms with Gasteiger partial charge in [-0.25, -0.2) is 0 Å². The number of hydrogen-bond donors (Lipinski definition) is 4. The van der Waals surface area contributed by atoms with Crippen LogP contribution >= 0.6 is 0 Å². The van der Waals surface area contributed by atoms with E-state index in [0.29, 0.717) is 24.0 Å². The van der Waals surface area contributed by atoms with Crippen molar-refractivity contribution in [3.05, 3.63) is 40.3 Å². The van der Waals surface area contributed by atoms with Crippen molar-refractivity contribution in [2.45, 2.75) is 13.5 Å². The van der Waals surface area contributed by atoms with Crippen LogP contribution in [0.3, 0.4) is 0 Å². The van der Waals surface area contributed by atoms with Crippen molar-refractivity contribution < 1.29 is 0 Å². The summed E-state index contributed by atoms with van der Waals surface area (Å²) >= 11 is 0. The Balaban J connectivity index is 2.24. The number of nitrogens with one attached hydrogen (secondary N) is 3. The van der Waals surface area contributed by atoms with E-state index in [4.69, 9.17) is 11.1 Å². The van der Waals surface area contributed by atoms with Gasteiger partial charge in [-0.2, -0.15) is 5.10 Å². The molecule has 1 aromatic carbocycles. The van der Waals surface area contributed by atoms with Crippen molar-refractivity contribution in [3.63, 3.8) is 0 Å². The molecule has 0 fully saturated rings. The number of pyridine rings is 1. The lowest BCUT2D eigenvalue weighted by Gasteiger charge is -2.11. The van der Waals surface area contributed by atoms with Crippen molar-refractivity contribution in [1.29, 1.82) is 5.41 Å². The first-order valence-electron chi connectivity index (χ1n) is 6.63. The highest BCUT2D eigenvalue weighted by Gasteiger charge is 2.14. The minimum absolute atomic E-state index is 0.0831. The van der Waals surface area contributed by atoms with Crippen LogP contribution in [-0.2, 0) is 6.54 Å². The van der Waals surface area contributed by atoms with Gasteiger partial charge in [0.05, 0.1) is 10.9 Å². The fourth-order valence-corrected chi connectivity index (χ4v) is 2.56. The zero-order chi connectivity index (χ0) is 15.0. The van der Waals surface area contributed by atoms with Crippen molar-refractivity contribution in [2.75, 3.05) is 6.54 Å². The molecule has 7 heteroatoms. The number of fused-ring (bicyclic) bond motifs is 3. The minimum Gasteiger partial charge on any atom is -0.370 e. The highest BCUT2D eigenvalue weighted by Crippen LogP contribution is 2.22. The fraction of sp³-hybridized carbons (Fsp3) is 0.214. The summed E-state index contributed by atoms with van der Waals surface area (Å²) in [4.78, 5) is 12.7. The lowest BCUT2D eigenvalue weighted by molar-refractivity contribution is 0.674. The summed E-state index contributed by atoms with van der Waals surface area (Å²) in [7, 11) is 0. The molecule has 21 heavy (non-hydrogen) atoms. The standard InChI is InChI=1S/C14H16N6O/c1-8-11-12(19-18-8)9-4-2-3-5-10(9)20(13(11)21)7-6-17-14(15)16/h2-5H,6-7H2,1H3,(H,18,19)(H4,15,16,17). The summed E-state index contributed by atoms with van der Waals surface area (Å²) in [5.41, 5.74) is 7.47. The van der Waals surface area contributed by atoms with E-state index in [1.165, 1.54) is 0 Å². The Hall–Kier alpha value is -2.83. The number of guanidine groups is 1. The summed E-state index contributed by atoms with van der Waals surface area (Å²) < 4.78 is 1.69. The van der Waals surface area contributed by atoms with Crippen molar-refractivity contribution in [1.82, 2.24) is 20.1 Å². The normalized spacial score (nSPS) is 11.1. The molecule has 0 unspecified atom stereocenters. The van der Waals surface area contributed by atoms with Gasteiger partial charge >= 0.3 is 0 Å². The molecule has 0 saturated heterocycles. The number of hydrogen-bond acceptors (Lipinski definition) is 3. The molecule has 108 valence electrons. The van der Waals surface area contributed by atoms with Crippen LogP contribution in [0.2, 0.25) is 0 Å². The predicted octanol–water partition coefficient (Wildman–Crippen LogP) is 0.669. The first-order valence-corrected chi connectivity index (χ1v) is 6.63. The maximum Gasteiger partial charge on any atom is 0.262 e. The van der Waals surface area contributed by atoms with E-state index >= 15 is 0 Å². The average Bonchev–Trinajstić information content (AvgIpc) is 2.84. The van der Waals surface area contributed by atoms with Crippen LogP contribution in [0.15, 0.2) is 29.1 Å². The summed E-state index contributed by atoms with van der Waals surface area (Å²) in [5.74, 6) is -0.104. The monoisotopic (exact) mass is 284 g/mol. The lowest BCUT2D eigenvalue weighted by Crippen LogP contribution is -2.35. The van der Waals surface area contributed by atoms with Gasteiger partial charge in [0.1, 0.15) is 5.52 Å². The molecule has 2 aromatic heterocycles. The van der Waals surface area contributed by atoms with Gasteiger partial charge in [-0.15, -0.1) is 0 Å². The number of rotatable bonds is 3. The van der Waals surface area contributed by atoms with Crippen LogP contribution in [0, 0.1) is 12.3 Å². The summed E-state index contributed by atoms with van der Waals surface area (Å²) in [6, 6.07) is 7.66. The third kappa shape index (κ3) is 2.12. The van der Waals surface area contributed by atoms with Gasteiger partial charge in [-0.3, -0.25) is 15.3 Å². The molecule has 0 spiro atoms. The summed E-state index contributed by atoms with van der Waals surface area (Å²) in [5, 5.41) is 18.6. The molecule has 0 amide bonds. The number of benzene rings is 1. The SMILES string of the molecule is Cc1[nH]nc2c1c(=O)n(CCNC(=N)N)c1ccccc21. The summed E-state index contributed by atoms with van der Waals surface area (Å²) in [6.07, 6.45) is 0. The van der Waals surface area contributed by atoms with Gasteiger partial charge in [-0.05, 0) is 13.0 Å². The molecule has 3 aromatic rings. The Morgan fingerprint density at radius 2 is 2.24 bits per heavy atom. The Morgan fingerprint density at radius 1 is 1.48 bits per heavy atom. The van der Waals surface area contributed by atoms with Crippen LogP contribution in [0.1, 0.15) is 5.69 Å². The minimum atomic E-state index is -0.104. The molecule has 5 N–H and O–H groups in total. The van der Waals surface area contributed by atoms with Crippen molar-refractivity contribution >= 4 is 27.8 Å². The number of aromatic nitrogens is 3. The third-order valence-electron chi connectivity index (χ3n) is 3.51. The van der Waals surface area contributed by atoms with Gasteiger partial charge < -0.3 is 15.6 Å². The fourth-order valence-electron chi connectivity index (χ4n) is 2.56. The number of aromatic amines is 1. The van der Waals surface area contributed by atoms with E-state index in [2.05, 4.69) is 15.5 Å². The predicted molar refractivity (Wildman–Crippen MR) is 82.5 cm³/mol. The van der Waals surface area contributed by atoms with Crippen molar-refractivity contribution in [3.8, 4) is 0 Å². The second-order valence-electron chi connectivity index (χ2n) is 4.89. The molecular weight excluding hydrogens is 268 g/mol. The zero-order valence-corrected chi connectivity index (χ0v) is 11.6. The molecule has 7 nitrogen and oxygen atoms in total. The Bertz CT molecular complexity index is 891. The number of H-pyrrole nitrogens is 1. The van der Waals surface area contributed by atoms with E-state index < -0.39 is 0 Å². The van der Waals surface area contributed by atoms with Crippen LogP contribution in [0.5, 0.6) is 0 Å². The molecule has 0 radical (unpaired) electrons. The molecule has 3 rings (SSSR count). The Kier molecular flexibility index (Phi) is 3.09. The van der Waals surface area contributed by atoms with Crippen LogP contribution in [0.25, 0.3) is 21.8 Å². The first kappa shape index (κ1) is 13.2. The highest BCUT2D eigenvalue weighted by atomic mass is 16.1. The quantitative estimate of drug-likeness (QED) is 0.418. The average molecular weight is 284 g/mol. The zero-order valence-electron chi connectivity index (χ0n) is 11.6. The molecule has 0 aliphatic rings. The Labute approximate surface area is 120 Å². The van der Waals surface area contributed by atoms with Gasteiger partial charge in [0.15, 0.2) is 5.96 Å². The van der Waals surface area contributed by atoms with E-state index in [9.17, 15) is 4.79 Å². The highest BCUT2D eigenvalue weighted by molar-refractivity contribution is 6.03. The number of nitrogens with two attached hydrogens (primary N) is 1. The van der Waals surface area contributed by atoms with E-state index in [1.807, 2.05) is 31.2 Å². The molecule has 0 aliphatic carbocycles. The maximum absolute atomic E-state index is 12.7. The molecule has 2 heterocycles. The Morgan fingerprint density at radius 3 is 3.00 bits per heavy atom. The van der Waals surface area contributed by atoms with Gasteiger partial charge in [0, 0.05) is 24.2 Å². The van der Waals surface area contributed by atoms with E-state index in [1.54, 1.807) is 4.57 Å². The maximum atomic E-state index is 12.7. The largest absolute Gasteiger partial charge is 0.370 e. The second-order valence-corrected chi connectivity index (χ2v) is 4.89. The second kappa shape index (κ2) is 4.93. The number of para-hydroxylation sites is 1. The van der Waals surface area contributed by atoms with Crippen LogP contribution in [0.4, 0.5) is 0 Å². The van der Waals surface area contributed by atoms with Crippen LogP contribution in [-0.4, -0.2) is 27.3 Å².